The molecule has 1 amide bonds. The number of nitrogens with zero attached hydrogens (tertiary/aromatic N) is 4. The number of benzene rings is 1. The van der Waals surface area contributed by atoms with Crippen LogP contribution in [0.2, 0.25) is 0 Å². The van der Waals surface area contributed by atoms with E-state index in [0.717, 1.165) is 11.0 Å². The van der Waals surface area contributed by atoms with Crippen molar-refractivity contribution in [1.82, 2.24) is 19.4 Å². The molecule has 0 aliphatic carbocycles. The Hall–Kier alpha value is -3.48. The number of carbonyl (C=O) groups is 1. The standard InChI is InChI=1S/C16H11N5O2/c22-11-7-10(8-17-9-11)18-15(23)13-5-6-21-14-4-2-1-3-12(14)19-16(21)20-13/h1-9,22H,(H,18,23). The summed E-state index contributed by atoms with van der Waals surface area (Å²) in [7, 11) is 0. The Balaban J connectivity index is 1.71. The molecule has 112 valence electrons. The third-order valence-electron chi connectivity index (χ3n) is 3.39. The van der Waals surface area contributed by atoms with Crippen LogP contribution in [0.3, 0.4) is 0 Å². The first-order chi connectivity index (χ1) is 11.2. The highest BCUT2D eigenvalue weighted by atomic mass is 16.3. The summed E-state index contributed by atoms with van der Waals surface area (Å²) in [4.78, 5) is 24.8. The molecule has 0 aliphatic heterocycles. The van der Waals surface area contributed by atoms with Crippen LogP contribution in [0.5, 0.6) is 5.75 Å². The first-order valence-corrected chi connectivity index (χ1v) is 6.90. The molecular weight excluding hydrogens is 294 g/mol. The molecular formula is C16H11N5O2. The lowest BCUT2D eigenvalue weighted by molar-refractivity contribution is 0.102. The minimum Gasteiger partial charge on any atom is -0.506 e. The van der Waals surface area contributed by atoms with E-state index in [1.54, 1.807) is 12.3 Å². The molecule has 0 spiro atoms. The highest BCUT2D eigenvalue weighted by Crippen LogP contribution is 2.16. The van der Waals surface area contributed by atoms with Crippen molar-refractivity contribution in [2.75, 3.05) is 5.32 Å². The molecule has 1 aromatic carbocycles. The van der Waals surface area contributed by atoms with E-state index in [1.165, 1.54) is 18.5 Å². The average Bonchev–Trinajstić information content (AvgIpc) is 2.92. The summed E-state index contributed by atoms with van der Waals surface area (Å²) >= 11 is 0. The highest BCUT2D eigenvalue weighted by Gasteiger charge is 2.11. The van der Waals surface area contributed by atoms with E-state index in [-0.39, 0.29) is 11.4 Å². The Morgan fingerprint density at radius 3 is 2.87 bits per heavy atom. The molecule has 0 aliphatic rings. The fourth-order valence-electron chi connectivity index (χ4n) is 2.37. The summed E-state index contributed by atoms with van der Waals surface area (Å²) in [6.45, 7) is 0. The maximum absolute atomic E-state index is 12.3. The molecule has 0 bridgehead atoms. The lowest BCUT2D eigenvalue weighted by Crippen LogP contribution is -2.14. The number of fused-ring (bicyclic) bond motifs is 3. The van der Waals surface area contributed by atoms with Crippen LogP contribution in [0.1, 0.15) is 10.5 Å². The minimum atomic E-state index is -0.396. The number of nitrogens with one attached hydrogen (secondary N) is 1. The number of aromatic hydroxyl groups is 1. The minimum absolute atomic E-state index is 0.0225. The molecule has 7 heteroatoms. The molecule has 0 unspecified atom stereocenters. The molecule has 4 rings (SSSR count). The molecule has 0 radical (unpaired) electrons. The van der Waals surface area contributed by atoms with Gasteiger partial charge in [0.1, 0.15) is 11.4 Å². The van der Waals surface area contributed by atoms with Crippen molar-refractivity contribution in [2.45, 2.75) is 0 Å². The number of pyridine rings is 1. The molecule has 7 nitrogen and oxygen atoms in total. The van der Waals surface area contributed by atoms with Crippen molar-refractivity contribution in [3.05, 3.63) is 60.7 Å². The van der Waals surface area contributed by atoms with Crippen molar-refractivity contribution in [1.29, 1.82) is 0 Å². The topological polar surface area (TPSA) is 92.4 Å². The van der Waals surface area contributed by atoms with E-state index in [0.29, 0.717) is 11.5 Å². The van der Waals surface area contributed by atoms with E-state index in [2.05, 4.69) is 20.3 Å². The van der Waals surface area contributed by atoms with Gasteiger partial charge in [-0.15, -0.1) is 0 Å². The second-order valence-electron chi connectivity index (χ2n) is 4.97. The second-order valence-corrected chi connectivity index (χ2v) is 4.97. The Kier molecular flexibility index (Phi) is 2.90. The molecule has 3 aromatic heterocycles. The third kappa shape index (κ3) is 2.34. The van der Waals surface area contributed by atoms with Crippen molar-refractivity contribution >= 4 is 28.4 Å². The molecule has 0 fully saturated rings. The molecule has 0 atom stereocenters. The Morgan fingerprint density at radius 1 is 1.13 bits per heavy atom. The second kappa shape index (κ2) is 5.06. The van der Waals surface area contributed by atoms with E-state index >= 15 is 0 Å². The smallest absolute Gasteiger partial charge is 0.274 e. The quantitative estimate of drug-likeness (QED) is 0.592. The molecule has 2 N–H and O–H groups in total. The maximum Gasteiger partial charge on any atom is 0.274 e. The zero-order chi connectivity index (χ0) is 15.8. The third-order valence-corrected chi connectivity index (χ3v) is 3.39. The van der Waals surface area contributed by atoms with Gasteiger partial charge in [-0.3, -0.25) is 14.2 Å². The van der Waals surface area contributed by atoms with Gasteiger partial charge in [-0.25, -0.2) is 9.97 Å². The predicted molar refractivity (Wildman–Crippen MR) is 84.3 cm³/mol. The Labute approximate surface area is 130 Å². The van der Waals surface area contributed by atoms with Crippen molar-refractivity contribution in [3.8, 4) is 5.75 Å². The molecule has 0 saturated carbocycles. The van der Waals surface area contributed by atoms with Crippen molar-refractivity contribution in [3.63, 3.8) is 0 Å². The fourth-order valence-corrected chi connectivity index (χ4v) is 2.37. The van der Waals surface area contributed by atoms with E-state index in [9.17, 15) is 9.90 Å². The van der Waals surface area contributed by atoms with Gasteiger partial charge in [0.25, 0.3) is 5.91 Å². The highest BCUT2D eigenvalue weighted by molar-refractivity contribution is 6.03. The van der Waals surface area contributed by atoms with Gasteiger partial charge >= 0.3 is 0 Å². The first kappa shape index (κ1) is 13.2. The van der Waals surface area contributed by atoms with Crippen LogP contribution in [0, 0.1) is 0 Å². The van der Waals surface area contributed by atoms with Gasteiger partial charge in [-0.2, -0.15) is 0 Å². The zero-order valence-electron chi connectivity index (χ0n) is 11.8. The molecule has 23 heavy (non-hydrogen) atoms. The summed E-state index contributed by atoms with van der Waals surface area (Å²) in [6.07, 6.45) is 4.49. The van der Waals surface area contributed by atoms with Crippen LogP contribution < -0.4 is 5.32 Å². The SMILES string of the molecule is O=C(Nc1cncc(O)c1)c1ccn2c(n1)nc1ccccc12. The average molecular weight is 305 g/mol. The number of para-hydroxylation sites is 2. The largest absolute Gasteiger partial charge is 0.506 e. The maximum atomic E-state index is 12.3. The Morgan fingerprint density at radius 2 is 2.00 bits per heavy atom. The lowest BCUT2D eigenvalue weighted by Gasteiger charge is -2.04. The van der Waals surface area contributed by atoms with Gasteiger partial charge in [-0.05, 0) is 18.2 Å². The summed E-state index contributed by atoms with van der Waals surface area (Å²) < 4.78 is 1.82. The van der Waals surface area contributed by atoms with Crippen LogP contribution in [0.15, 0.2) is 55.0 Å². The monoisotopic (exact) mass is 305 g/mol. The van der Waals surface area contributed by atoms with Gasteiger partial charge in [0.15, 0.2) is 0 Å². The van der Waals surface area contributed by atoms with Crippen LogP contribution in [0.4, 0.5) is 5.69 Å². The lowest BCUT2D eigenvalue weighted by atomic mass is 10.3. The van der Waals surface area contributed by atoms with Gasteiger partial charge in [-0.1, -0.05) is 12.1 Å². The van der Waals surface area contributed by atoms with E-state index in [1.807, 2.05) is 28.7 Å². The van der Waals surface area contributed by atoms with Gasteiger partial charge < -0.3 is 10.4 Å². The summed E-state index contributed by atoms with van der Waals surface area (Å²) in [6, 6.07) is 10.7. The number of imidazole rings is 1. The normalized spacial score (nSPS) is 11.0. The number of hydrogen-bond donors (Lipinski definition) is 2. The fraction of sp³-hybridized carbons (Fsp3) is 0. The number of hydrogen-bond acceptors (Lipinski definition) is 5. The van der Waals surface area contributed by atoms with Crippen LogP contribution >= 0.6 is 0 Å². The number of rotatable bonds is 2. The predicted octanol–water partition coefficient (Wildman–Crippen LogP) is 2.24. The van der Waals surface area contributed by atoms with Crippen LogP contribution in [-0.4, -0.2) is 30.4 Å². The molecule has 0 saturated heterocycles. The van der Waals surface area contributed by atoms with Gasteiger partial charge in [0, 0.05) is 12.3 Å². The number of anilines is 1. The van der Waals surface area contributed by atoms with Crippen LogP contribution in [-0.2, 0) is 0 Å². The summed E-state index contributed by atoms with van der Waals surface area (Å²) in [5.41, 5.74) is 2.37. The summed E-state index contributed by atoms with van der Waals surface area (Å²) in [5, 5.41) is 12.0. The number of carbonyl (C=O) groups excluding carboxylic acids is 1. The zero-order valence-corrected chi connectivity index (χ0v) is 11.8. The summed E-state index contributed by atoms with van der Waals surface area (Å²) in [5.74, 6) is 0.0329. The van der Waals surface area contributed by atoms with Crippen LogP contribution in [0.25, 0.3) is 16.8 Å². The molecule has 3 heterocycles. The van der Waals surface area contributed by atoms with Crippen molar-refractivity contribution < 1.29 is 9.90 Å². The molecule has 4 aromatic rings. The Bertz CT molecular complexity index is 1040. The first-order valence-electron chi connectivity index (χ1n) is 6.90. The number of aromatic nitrogens is 4. The van der Waals surface area contributed by atoms with E-state index < -0.39 is 5.91 Å². The van der Waals surface area contributed by atoms with Crippen molar-refractivity contribution in [2.24, 2.45) is 0 Å². The number of amides is 1. The van der Waals surface area contributed by atoms with E-state index in [4.69, 9.17) is 0 Å². The van der Waals surface area contributed by atoms with Gasteiger partial charge in [0.2, 0.25) is 5.78 Å². The van der Waals surface area contributed by atoms with Gasteiger partial charge in [0.05, 0.1) is 29.1 Å².